The number of hydrogen-bond acceptors (Lipinski definition) is 1. The van der Waals surface area contributed by atoms with Crippen LogP contribution in [0.1, 0.15) is 109 Å². The van der Waals surface area contributed by atoms with Crippen LogP contribution in [0.25, 0.3) is 6.08 Å². The smallest absolute Gasteiger partial charge is 0.122 e. The molecule has 0 bridgehead atoms. The highest BCUT2D eigenvalue weighted by molar-refractivity contribution is 5.56. The summed E-state index contributed by atoms with van der Waals surface area (Å²) < 4.78 is 0. The normalized spacial score (nSPS) is 11.4. The molecule has 1 N–H and O–H groups in total. The van der Waals surface area contributed by atoms with Gasteiger partial charge in [0.25, 0.3) is 0 Å². The van der Waals surface area contributed by atoms with Crippen molar-refractivity contribution in [3.05, 3.63) is 35.9 Å². The third-order valence-corrected chi connectivity index (χ3v) is 4.96. The van der Waals surface area contributed by atoms with E-state index in [0.717, 1.165) is 12.0 Å². The molecule has 0 fully saturated rings. The van der Waals surface area contributed by atoms with Gasteiger partial charge in [-0.3, -0.25) is 0 Å². The first kappa shape index (κ1) is 21.8. The molecule has 0 amide bonds. The number of benzene rings is 1. The van der Waals surface area contributed by atoms with Crippen LogP contribution in [0, 0.1) is 0 Å². The molecule has 1 aromatic rings. The van der Waals surface area contributed by atoms with Crippen LogP contribution in [0.5, 0.6) is 5.75 Å². The Morgan fingerprint density at radius 2 is 1.16 bits per heavy atom. The molecule has 0 aromatic heterocycles. The van der Waals surface area contributed by atoms with E-state index in [-0.39, 0.29) is 0 Å². The lowest BCUT2D eigenvalue weighted by molar-refractivity contribution is 0.474. The van der Waals surface area contributed by atoms with Crippen molar-refractivity contribution >= 4 is 6.08 Å². The van der Waals surface area contributed by atoms with Crippen molar-refractivity contribution in [1.82, 2.24) is 0 Å². The van der Waals surface area contributed by atoms with Crippen molar-refractivity contribution in [2.75, 3.05) is 0 Å². The molecule has 142 valence electrons. The van der Waals surface area contributed by atoms with Gasteiger partial charge in [0, 0.05) is 5.56 Å². The SMILES string of the molecule is CCCCCCCCCCCCCCCCC=Cc1ccccc1O. The maximum atomic E-state index is 9.68. The quantitative estimate of drug-likeness (QED) is 0.299. The van der Waals surface area contributed by atoms with Crippen LogP contribution in [0.15, 0.2) is 30.3 Å². The molecule has 1 aromatic carbocycles. The number of rotatable bonds is 16. The van der Waals surface area contributed by atoms with Crippen LogP contribution in [-0.4, -0.2) is 5.11 Å². The Kier molecular flexibility index (Phi) is 14.2. The fourth-order valence-corrected chi connectivity index (χ4v) is 3.30. The number of phenols is 1. The minimum Gasteiger partial charge on any atom is -0.507 e. The number of hydrogen-bond donors (Lipinski definition) is 1. The molecule has 0 unspecified atom stereocenters. The van der Waals surface area contributed by atoms with E-state index in [1.165, 1.54) is 89.9 Å². The first-order valence-corrected chi connectivity index (χ1v) is 10.8. The van der Waals surface area contributed by atoms with E-state index in [0.29, 0.717) is 5.75 Å². The van der Waals surface area contributed by atoms with Gasteiger partial charge in [0.1, 0.15) is 5.75 Å². The highest BCUT2D eigenvalue weighted by atomic mass is 16.3. The highest BCUT2D eigenvalue weighted by Crippen LogP contribution is 2.18. The summed E-state index contributed by atoms with van der Waals surface area (Å²) in [5.41, 5.74) is 0.924. The highest BCUT2D eigenvalue weighted by Gasteiger charge is 1.95. The van der Waals surface area contributed by atoms with Crippen LogP contribution >= 0.6 is 0 Å². The zero-order valence-corrected chi connectivity index (χ0v) is 16.5. The molecular weight excluding hydrogens is 304 g/mol. The Morgan fingerprint density at radius 1 is 0.680 bits per heavy atom. The minimum atomic E-state index is 0.375. The van der Waals surface area contributed by atoms with Crippen molar-refractivity contribution in [2.45, 2.75) is 103 Å². The second kappa shape index (κ2) is 16.2. The van der Waals surface area contributed by atoms with Crippen LogP contribution in [0.4, 0.5) is 0 Å². The molecule has 0 aliphatic rings. The summed E-state index contributed by atoms with van der Waals surface area (Å²) in [5.74, 6) is 0.375. The maximum absolute atomic E-state index is 9.68. The summed E-state index contributed by atoms with van der Waals surface area (Å²) in [6.45, 7) is 2.28. The number of aromatic hydroxyl groups is 1. The van der Waals surface area contributed by atoms with Crippen molar-refractivity contribution in [1.29, 1.82) is 0 Å². The lowest BCUT2D eigenvalue weighted by Gasteiger charge is -2.03. The molecule has 0 aliphatic carbocycles. The summed E-state index contributed by atoms with van der Waals surface area (Å²) in [6.07, 6.45) is 25.0. The molecule has 0 heterocycles. The van der Waals surface area contributed by atoms with Gasteiger partial charge in [-0.2, -0.15) is 0 Å². The van der Waals surface area contributed by atoms with E-state index in [1.807, 2.05) is 24.3 Å². The molecule has 25 heavy (non-hydrogen) atoms. The lowest BCUT2D eigenvalue weighted by Crippen LogP contribution is -1.83. The van der Waals surface area contributed by atoms with Gasteiger partial charge in [0.2, 0.25) is 0 Å². The van der Waals surface area contributed by atoms with Crippen molar-refractivity contribution in [3.8, 4) is 5.75 Å². The Hall–Kier alpha value is -1.24. The number of phenolic OH excluding ortho intramolecular Hbond substituents is 1. The van der Waals surface area contributed by atoms with E-state index < -0.39 is 0 Å². The van der Waals surface area contributed by atoms with Crippen molar-refractivity contribution < 1.29 is 5.11 Å². The Balaban J connectivity index is 1.81. The molecular formula is C24H40O. The zero-order valence-electron chi connectivity index (χ0n) is 16.5. The molecule has 1 nitrogen and oxygen atoms in total. The predicted molar refractivity (Wildman–Crippen MR) is 112 cm³/mol. The van der Waals surface area contributed by atoms with E-state index in [1.54, 1.807) is 6.07 Å². The Morgan fingerprint density at radius 3 is 1.68 bits per heavy atom. The van der Waals surface area contributed by atoms with E-state index in [9.17, 15) is 5.11 Å². The molecule has 1 heteroatoms. The second-order valence-electron chi connectivity index (χ2n) is 7.35. The molecule has 0 spiro atoms. The van der Waals surface area contributed by atoms with Gasteiger partial charge < -0.3 is 5.11 Å². The van der Waals surface area contributed by atoms with Crippen molar-refractivity contribution in [2.24, 2.45) is 0 Å². The topological polar surface area (TPSA) is 20.2 Å². The molecule has 0 atom stereocenters. The van der Waals surface area contributed by atoms with Gasteiger partial charge in [-0.1, -0.05) is 121 Å². The van der Waals surface area contributed by atoms with Gasteiger partial charge in [-0.25, -0.2) is 0 Å². The lowest BCUT2D eigenvalue weighted by atomic mass is 10.0. The zero-order chi connectivity index (χ0) is 18.0. The summed E-state index contributed by atoms with van der Waals surface area (Å²) >= 11 is 0. The Labute approximate surface area is 156 Å². The van der Waals surface area contributed by atoms with E-state index in [4.69, 9.17) is 0 Å². The molecule has 1 rings (SSSR count). The minimum absolute atomic E-state index is 0.375. The van der Waals surface area contributed by atoms with Gasteiger partial charge in [-0.15, -0.1) is 0 Å². The summed E-state index contributed by atoms with van der Waals surface area (Å²) in [6, 6.07) is 7.52. The van der Waals surface area contributed by atoms with Crippen LogP contribution in [0.3, 0.4) is 0 Å². The first-order valence-electron chi connectivity index (χ1n) is 10.8. The van der Waals surface area contributed by atoms with Gasteiger partial charge >= 0.3 is 0 Å². The number of allylic oxidation sites excluding steroid dienone is 1. The van der Waals surface area contributed by atoms with E-state index in [2.05, 4.69) is 13.0 Å². The summed E-state index contributed by atoms with van der Waals surface area (Å²) in [5, 5.41) is 9.68. The third-order valence-electron chi connectivity index (χ3n) is 4.96. The van der Waals surface area contributed by atoms with E-state index >= 15 is 0 Å². The monoisotopic (exact) mass is 344 g/mol. The van der Waals surface area contributed by atoms with Crippen LogP contribution < -0.4 is 0 Å². The standard InChI is InChI=1S/C24H40O/c1-2-3-4-5-6-7-8-9-10-11-12-13-14-15-16-17-20-23-21-18-19-22-24(23)25/h17-22,25H,2-16H2,1H3. The summed E-state index contributed by atoms with van der Waals surface area (Å²) in [7, 11) is 0. The number of unbranched alkanes of at least 4 members (excludes halogenated alkanes) is 14. The van der Waals surface area contributed by atoms with Gasteiger partial charge in [0.15, 0.2) is 0 Å². The fourth-order valence-electron chi connectivity index (χ4n) is 3.30. The molecule has 0 saturated carbocycles. The first-order chi connectivity index (χ1) is 12.3. The molecule has 0 aliphatic heterocycles. The summed E-state index contributed by atoms with van der Waals surface area (Å²) in [4.78, 5) is 0. The molecule has 0 saturated heterocycles. The average Bonchev–Trinajstić information content (AvgIpc) is 2.63. The van der Waals surface area contributed by atoms with Crippen LogP contribution in [0.2, 0.25) is 0 Å². The number of para-hydroxylation sites is 1. The van der Waals surface area contributed by atoms with Gasteiger partial charge in [-0.05, 0) is 18.9 Å². The second-order valence-corrected chi connectivity index (χ2v) is 7.35. The molecule has 0 radical (unpaired) electrons. The third kappa shape index (κ3) is 12.7. The largest absolute Gasteiger partial charge is 0.507 e. The maximum Gasteiger partial charge on any atom is 0.122 e. The fraction of sp³-hybridized carbons (Fsp3) is 0.667. The van der Waals surface area contributed by atoms with Gasteiger partial charge in [0.05, 0.1) is 0 Å². The average molecular weight is 345 g/mol. The Bertz CT molecular complexity index is 435. The van der Waals surface area contributed by atoms with Crippen molar-refractivity contribution in [3.63, 3.8) is 0 Å². The van der Waals surface area contributed by atoms with Crippen LogP contribution in [-0.2, 0) is 0 Å². The predicted octanol–water partition coefficient (Wildman–Crippen LogP) is 8.28.